The second kappa shape index (κ2) is 9.92. The van der Waals surface area contributed by atoms with Crippen LogP contribution in [-0.4, -0.2) is 66.2 Å². The molecule has 3 aromatic rings. The van der Waals surface area contributed by atoms with Crippen molar-refractivity contribution < 1.29 is 18.3 Å². The zero-order chi connectivity index (χ0) is 26.4. The summed E-state index contributed by atoms with van der Waals surface area (Å²) in [6, 6.07) is 8.73. The highest BCUT2D eigenvalue weighted by atomic mass is 19.1. The summed E-state index contributed by atoms with van der Waals surface area (Å²) in [6.45, 7) is 7.53. The summed E-state index contributed by atoms with van der Waals surface area (Å²) in [5.41, 5.74) is 10.0. The lowest BCUT2D eigenvalue weighted by Crippen LogP contribution is -2.42. The van der Waals surface area contributed by atoms with Crippen molar-refractivity contribution in [3.8, 4) is 22.5 Å². The van der Waals surface area contributed by atoms with Crippen LogP contribution in [0.15, 0.2) is 30.3 Å². The number of nitrogens with zero attached hydrogens (tertiary/aromatic N) is 4. The van der Waals surface area contributed by atoms with Crippen LogP contribution in [0.5, 0.6) is 0 Å². The minimum atomic E-state index is -0.785. The number of ether oxygens (including phenoxy) is 1. The molecule has 1 atom stereocenters. The van der Waals surface area contributed by atoms with Gasteiger partial charge in [0.05, 0.1) is 18.3 Å². The summed E-state index contributed by atoms with van der Waals surface area (Å²) in [7, 11) is 0. The molecule has 10 heteroatoms. The van der Waals surface area contributed by atoms with Gasteiger partial charge in [-0.05, 0) is 68.2 Å². The van der Waals surface area contributed by atoms with Gasteiger partial charge in [-0.15, -0.1) is 0 Å². The number of nitrogens with one attached hydrogen (secondary N) is 1. The Hall–Kier alpha value is -3.63. The summed E-state index contributed by atoms with van der Waals surface area (Å²) in [4.78, 5) is 25.3. The van der Waals surface area contributed by atoms with Crippen molar-refractivity contribution in [2.45, 2.75) is 32.4 Å². The van der Waals surface area contributed by atoms with Gasteiger partial charge in [0.25, 0.3) is 5.91 Å². The number of rotatable bonds is 5. The first kappa shape index (κ1) is 24.7. The van der Waals surface area contributed by atoms with E-state index in [1.54, 1.807) is 6.07 Å². The molecule has 3 aliphatic heterocycles. The van der Waals surface area contributed by atoms with Gasteiger partial charge in [-0.3, -0.25) is 9.69 Å². The monoisotopic (exact) mass is 520 g/mol. The third-order valence-electron chi connectivity index (χ3n) is 7.51. The average Bonchev–Trinajstić information content (AvgIpc) is 2.86. The molecule has 0 aliphatic carbocycles. The largest absolute Gasteiger partial charge is 0.382 e. The Balaban J connectivity index is 1.41. The number of fused-ring (bicyclic) bond motifs is 1. The zero-order valence-electron chi connectivity index (χ0n) is 21.3. The number of aromatic nitrogens is 2. The van der Waals surface area contributed by atoms with Crippen LogP contribution in [0.25, 0.3) is 22.5 Å². The van der Waals surface area contributed by atoms with Gasteiger partial charge in [0.15, 0.2) is 5.82 Å². The Morgan fingerprint density at radius 2 is 1.95 bits per heavy atom. The van der Waals surface area contributed by atoms with Crippen LogP contribution in [0.4, 0.5) is 20.3 Å². The fourth-order valence-corrected chi connectivity index (χ4v) is 5.46. The number of nitrogen functional groups attached to an aromatic ring is 1. The van der Waals surface area contributed by atoms with Crippen molar-refractivity contribution >= 4 is 17.4 Å². The standard InChI is InChI=1S/C28H30F2N6O2/c1-16-14-36(9-10-38-16)22-4-3-18(12-20(22)15-35-7-2-8-35)24-26(30)34-27(31)25(33-24)19-11-17-5-6-32-28(37)23(17)21(29)13-19/h3-4,11-13,16H,2,5-10,14-15H2,1H3,(H2,31,34)(H,32,37)/t16-/m0/s1. The van der Waals surface area contributed by atoms with E-state index in [-0.39, 0.29) is 28.9 Å². The van der Waals surface area contributed by atoms with E-state index in [4.69, 9.17) is 10.5 Å². The number of carbonyl (C=O) groups is 1. The molecule has 0 spiro atoms. The molecule has 0 unspecified atom stereocenters. The molecule has 1 amide bonds. The van der Waals surface area contributed by atoms with Gasteiger partial charge in [-0.1, -0.05) is 6.07 Å². The van der Waals surface area contributed by atoms with E-state index >= 15 is 4.39 Å². The number of hydrogen-bond donors (Lipinski definition) is 2. The first-order valence-electron chi connectivity index (χ1n) is 13.0. The van der Waals surface area contributed by atoms with Crippen LogP contribution in [-0.2, 0) is 17.7 Å². The first-order chi connectivity index (χ1) is 18.4. The van der Waals surface area contributed by atoms with Gasteiger partial charge in [-0.25, -0.2) is 9.37 Å². The van der Waals surface area contributed by atoms with Gasteiger partial charge in [0.2, 0.25) is 5.95 Å². The van der Waals surface area contributed by atoms with Crippen molar-refractivity contribution in [1.82, 2.24) is 20.2 Å². The molecule has 3 N–H and O–H groups in total. The van der Waals surface area contributed by atoms with Gasteiger partial charge in [0.1, 0.15) is 17.2 Å². The summed E-state index contributed by atoms with van der Waals surface area (Å²) >= 11 is 0. The molecular formula is C28H30F2N6O2. The number of carbonyl (C=O) groups excluding carboxylic acids is 1. The highest BCUT2D eigenvalue weighted by molar-refractivity contribution is 5.97. The van der Waals surface area contributed by atoms with E-state index < -0.39 is 17.7 Å². The average molecular weight is 521 g/mol. The first-order valence-corrected chi connectivity index (χ1v) is 13.0. The molecule has 2 fully saturated rings. The molecule has 0 saturated carbocycles. The van der Waals surface area contributed by atoms with Crippen LogP contribution >= 0.6 is 0 Å². The number of benzene rings is 2. The lowest BCUT2D eigenvalue weighted by Gasteiger charge is -2.36. The quantitative estimate of drug-likeness (QED) is 0.532. The minimum absolute atomic E-state index is 0.0255. The molecule has 0 bridgehead atoms. The Kier molecular flexibility index (Phi) is 6.45. The fraction of sp³-hybridized carbons (Fsp3) is 0.393. The Morgan fingerprint density at radius 1 is 1.11 bits per heavy atom. The highest BCUT2D eigenvalue weighted by Crippen LogP contribution is 2.34. The van der Waals surface area contributed by atoms with Crippen molar-refractivity contribution in [2.24, 2.45) is 0 Å². The van der Waals surface area contributed by atoms with Gasteiger partial charge < -0.3 is 20.7 Å². The zero-order valence-corrected chi connectivity index (χ0v) is 21.3. The third kappa shape index (κ3) is 4.58. The molecule has 4 heterocycles. The lowest BCUT2D eigenvalue weighted by molar-refractivity contribution is 0.0531. The van der Waals surface area contributed by atoms with Crippen molar-refractivity contribution in [1.29, 1.82) is 0 Å². The Bertz CT molecular complexity index is 1410. The number of anilines is 2. The highest BCUT2D eigenvalue weighted by Gasteiger charge is 2.26. The number of amides is 1. The predicted octanol–water partition coefficient (Wildman–Crippen LogP) is 3.39. The molecule has 198 valence electrons. The number of nitrogens with two attached hydrogens (primary N) is 1. The second-order valence-corrected chi connectivity index (χ2v) is 10.2. The van der Waals surface area contributed by atoms with Crippen molar-refractivity contribution in [2.75, 3.05) is 50.0 Å². The molecular weight excluding hydrogens is 490 g/mol. The minimum Gasteiger partial charge on any atom is -0.382 e. The number of likely N-dealkylation sites (tertiary alicyclic amines) is 1. The SMILES string of the molecule is C[C@H]1CN(c2ccc(-c3nc(-c4cc(F)c5c(c4)CCNC5=O)c(N)nc3F)cc2CN2CCC2)CCO1. The molecule has 6 rings (SSSR count). The molecule has 38 heavy (non-hydrogen) atoms. The van der Waals surface area contributed by atoms with Crippen LogP contribution < -0.4 is 16.0 Å². The van der Waals surface area contributed by atoms with Crippen LogP contribution in [0.3, 0.4) is 0 Å². The summed E-state index contributed by atoms with van der Waals surface area (Å²) in [5.74, 6) is -2.03. The van der Waals surface area contributed by atoms with Crippen molar-refractivity contribution in [3.63, 3.8) is 0 Å². The van der Waals surface area contributed by atoms with E-state index in [1.807, 2.05) is 18.2 Å². The van der Waals surface area contributed by atoms with Gasteiger partial charge >= 0.3 is 0 Å². The Labute approximate surface area is 219 Å². The van der Waals surface area contributed by atoms with E-state index in [1.165, 1.54) is 12.5 Å². The molecule has 1 aromatic heterocycles. The summed E-state index contributed by atoms with van der Waals surface area (Å²) < 4.78 is 35.8. The molecule has 2 saturated heterocycles. The lowest BCUT2D eigenvalue weighted by atomic mass is 9.95. The van der Waals surface area contributed by atoms with Crippen molar-refractivity contribution in [3.05, 3.63) is 58.8 Å². The molecule has 0 radical (unpaired) electrons. The number of halogens is 2. The van der Waals surface area contributed by atoms with Crippen LogP contribution in [0, 0.1) is 11.8 Å². The van der Waals surface area contributed by atoms with Crippen LogP contribution in [0.2, 0.25) is 0 Å². The van der Waals surface area contributed by atoms with E-state index in [0.717, 1.165) is 44.0 Å². The molecule has 2 aromatic carbocycles. The number of morpholine rings is 1. The van der Waals surface area contributed by atoms with Crippen LogP contribution in [0.1, 0.15) is 34.8 Å². The molecule has 8 nitrogen and oxygen atoms in total. The third-order valence-corrected chi connectivity index (χ3v) is 7.51. The maximum atomic E-state index is 15.2. The van der Waals surface area contributed by atoms with E-state index in [2.05, 4.69) is 32.0 Å². The van der Waals surface area contributed by atoms with Gasteiger partial charge in [-0.2, -0.15) is 9.37 Å². The smallest absolute Gasteiger partial charge is 0.254 e. The normalized spacial score (nSPS) is 19.6. The maximum absolute atomic E-state index is 15.2. The topological polar surface area (TPSA) is 96.6 Å². The summed E-state index contributed by atoms with van der Waals surface area (Å²) in [6.07, 6.45) is 1.78. The second-order valence-electron chi connectivity index (χ2n) is 10.2. The maximum Gasteiger partial charge on any atom is 0.254 e. The predicted molar refractivity (Wildman–Crippen MR) is 141 cm³/mol. The summed E-state index contributed by atoms with van der Waals surface area (Å²) in [5, 5.41) is 2.65. The fourth-order valence-electron chi connectivity index (χ4n) is 5.46. The van der Waals surface area contributed by atoms with Gasteiger partial charge in [0, 0.05) is 43.0 Å². The molecule has 3 aliphatic rings. The Morgan fingerprint density at radius 3 is 2.71 bits per heavy atom. The number of hydrogen-bond acceptors (Lipinski definition) is 7. The van der Waals surface area contributed by atoms with E-state index in [0.29, 0.717) is 36.3 Å². The van der Waals surface area contributed by atoms with E-state index in [9.17, 15) is 9.18 Å².